The number of hydrogen-bond donors (Lipinski definition) is 0. The van der Waals surface area contributed by atoms with Gasteiger partial charge >= 0.3 is 0 Å². The second kappa shape index (κ2) is 4.47. The maximum Gasteiger partial charge on any atom is -0.0300 e. The molecule has 0 aromatic heterocycles. The second-order valence-corrected chi connectivity index (χ2v) is 7.04. The molecule has 0 nitrogen and oxygen atoms in total. The Labute approximate surface area is 96.8 Å². The quantitative estimate of drug-likeness (QED) is 0.613. The summed E-state index contributed by atoms with van der Waals surface area (Å²) in [6.45, 7) is 16.9. The van der Waals surface area contributed by atoms with Crippen molar-refractivity contribution in [3.8, 4) is 0 Å². The molecule has 0 N–H and O–H groups in total. The largest absolute Gasteiger partial charge is 0.0625 e. The first kappa shape index (κ1) is 13.1. The molecule has 1 aliphatic rings. The van der Waals surface area contributed by atoms with E-state index in [0.29, 0.717) is 5.41 Å². The molecule has 1 rings (SSSR count). The maximum absolute atomic E-state index is 2.46. The molecule has 15 heavy (non-hydrogen) atoms. The normalized spacial score (nSPS) is 30.0. The molecular weight excluding hydrogens is 180 g/mol. The number of rotatable bonds is 4. The summed E-state index contributed by atoms with van der Waals surface area (Å²) in [4.78, 5) is 0. The van der Waals surface area contributed by atoms with Crippen LogP contribution in [-0.2, 0) is 0 Å². The summed E-state index contributed by atoms with van der Waals surface area (Å²) in [5.74, 6) is 4.51. The lowest BCUT2D eigenvalue weighted by Gasteiger charge is -2.53. The van der Waals surface area contributed by atoms with Crippen molar-refractivity contribution < 1.29 is 0 Å². The van der Waals surface area contributed by atoms with E-state index in [9.17, 15) is 0 Å². The third kappa shape index (κ3) is 2.57. The molecule has 0 heterocycles. The zero-order chi connectivity index (χ0) is 11.8. The van der Waals surface area contributed by atoms with Crippen LogP contribution in [0.3, 0.4) is 0 Å². The molecule has 0 spiro atoms. The van der Waals surface area contributed by atoms with Crippen molar-refractivity contribution in [1.29, 1.82) is 0 Å². The lowest BCUT2D eigenvalue weighted by atomic mass is 9.52. The van der Waals surface area contributed by atoms with E-state index in [1.807, 2.05) is 0 Å². The van der Waals surface area contributed by atoms with Gasteiger partial charge in [0.25, 0.3) is 0 Å². The fourth-order valence-electron chi connectivity index (χ4n) is 3.32. The van der Waals surface area contributed by atoms with Gasteiger partial charge in [-0.15, -0.1) is 0 Å². The van der Waals surface area contributed by atoms with Gasteiger partial charge in [0.1, 0.15) is 0 Å². The van der Waals surface area contributed by atoms with Crippen LogP contribution in [0.2, 0.25) is 0 Å². The van der Waals surface area contributed by atoms with E-state index in [1.165, 1.54) is 12.8 Å². The van der Waals surface area contributed by atoms with Crippen LogP contribution < -0.4 is 0 Å². The smallest absolute Gasteiger partial charge is 0.0300 e. The highest BCUT2D eigenvalue weighted by Crippen LogP contribution is 2.54. The van der Waals surface area contributed by atoms with Crippen molar-refractivity contribution in [2.24, 2.45) is 35.0 Å². The second-order valence-electron chi connectivity index (χ2n) is 7.04. The van der Waals surface area contributed by atoms with Gasteiger partial charge in [-0.1, -0.05) is 48.5 Å². The van der Waals surface area contributed by atoms with Crippen molar-refractivity contribution in [2.75, 3.05) is 0 Å². The lowest BCUT2D eigenvalue weighted by molar-refractivity contribution is -0.0321. The zero-order valence-corrected chi connectivity index (χ0v) is 11.8. The van der Waals surface area contributed by atoms with Gasteiger partial charge < -0.3 is 0 Å². The summed E-state index contributed by atoms with van der Waals surface area (Å²) in [6.07, 6.45) is 2.91. The Kier molecular flexibility index (Phi) is 3.90. The van der Waals surface area contributed by atoms with Crippen molar-refractivity contribution in [3.05, 3.63) is 0 Å². The van der Waals surface area contributed by atoms with E-state index in [-0.39, 0.29) is 0 Å². The van der Waals surface area contributed by atoms with Crippen LogP contribution in [-0.4, -0.2) is 0 Å². The predicted molar refractivity (Wildman–Crippen MR) is 68.8 cm³/mol. The third-order valence-electron chi connectivity index (χ3n) is 5.23. The van der Waals surface area contributed by atoms with Gasteiger partial charge in [0.2, 0.25) is 0 Å². The lowest BCUT2D eigenvalue weighted by Crippen LogP contribution is -2.44. The van der Waals surface area contributed by atoms with Crippen LogP contribution in [0.1, 0.15) is 61.3 Å². The average Bonchev–Trinajstić information content (AvgIpc) is 2.10. The van der Waals surface area contributed by atoms with Crippen molar-refractivity contribution in [2.45, 2.75) is 61.3 Å². The highest BCUT2D eigenvalue weighted by Gasteiger charge is 2.45. The Morgan fingerprint density at radius 3 is 1.80 bits per heavy atom. The Bertz CT molecular complexity index is 192. The van der Waals surface area contributed by atoms with Crippen LogP contribution >= 0.6 is 0 Å². The van der Waals surface area contributed by atoms with Gasteiger partial charge in [0, 0.05) is 0 Å². The minimum atomic E-state index is 0.599. The van der Waals surface area contributed by atoms with E-state index in [2.05, 4.69) is 48.5 Å². The summed E-state index contributed by atoms with van der Waals surface area (Å²) >= 11 is 0. The minimum absolute atomic E-state index is 0.599. The summed E-state index contributed by atoms with van der Waals surface area (Å²) in [6, 6.07) is 0. The van der Waals surface area contributed by atoms with Crippen molar-refractivity contribution in [1.82, 2.24) is 0 Å². The monoisotopic (exact) mass is 210 g/mol. The SMILES string of the molecule is CC(C)C(CC1CC(C)C1(C)C)C(C)C. The van der Waals surface area contributed by atoms with Gasteiger partial charge in [0.15, 0.2) is 0 Å². The molecule has 2 unspecified atom stereocenters. The Morgan fingerprint density at radius 2 is 1.53 bits per heavy atom. The predicted octanol–water partition coefficient (Wildman–Crippen LogP) is 4.99. The third-order valence-corrected chi connectivity index (χ3v) is 5.23. The Morgan fingerprint density at radius 1 is 1.07 bits per heavy atom. The topological polar surface area (TPSA) is 0 Å². The molecule has 0 aromatic rings. The zero-order valence-electron chi connectivity index (χ0n) is 11.8. The molecule has 2 atom stereocenters. The first-order chi connectivity index (χ1) is 6.76. The summed E-state index contributed by atoms with van der Waals surface area (Å²) in [5, 5.41) is 0. The first-order valence-corrected chi connectivity index (χ1v) is 6.76. The number of hydrogen-bond acceptors (Lipinski definition) is 0. The van der Waals surface area contributed by atoms with Crippen LogP contribution in [0, 0.1) is 35.0 Å². The molecule has 1 aliphatic carbocycles. The fraction of sp³-hybridized carbons (Fsp3) is 1.00. The van der Waals surface area contributed by atoms with E-state index >= 15 is 0 Å². The van der Waals surface area contributed by atoms with E-state index < -0.39 is 0 Å². The van der Waals surface area contributed by atoms with Gasteiger partial charge in [-0.05, 0) is 47.8 Å². The highest BCUT2D eigenvalue weighted by molar-refractivity contribution is 4.95. The van der Waals surface area contributed by atoms with E-state index in [4.69, 9.17) is 0 Å². The molecule has 0 aromatic carbocycles. The molecule has 0 aliphatic heterocycles. The summed E-state index contributed by atoms with van der Waals surface area (Å²) in [5.41, 5.74) is 0.599. The molecule has 0 saturated heterocycles. The first-order valence-electron chi connectivity index (χ1n) is 6.76. The molecule has 0 heteroatoms. The summed E-state index contributed by atoms with van der Waals surface area (Å²) in [7, 11) is 0. The van der Waals surface area contributed by atoms with E-state index in [0.717, 1.165) is 29.6 Å². The van der Waals surface area contributed by atoms with Gasteiger partial charge in [0.05, 0.1) is 0 Å². The molecule has 90 valence electrons. The molecule has 0 bridgehead atoms. The van der Waals surface area contributed by atoms with Crippen LogP contribution in [0.5, 0.6) is 0 Å². The van der Waals surface area contributed by atoms with Gasteiger partial charge in [-0.3, -0.25) is 0 Å². The Balaban J connectivity index is 2.54. The highest BCUT2D eigenvalue weighted by atomic mass is 14.5. The minimum Gasteiger partial charge on any atom is -0.0625 e. The summed E-state index contributed by atoms with van der Waals surface area (Å²) < 4.78 is 0. The Hall–Kier alpha value is 0. The average molecular weight is 210 g/mol. The molecule has 1 fully saturated rings. The molecule has 0 radical (unpaired) electrons. The fourth-order valence-corrected chi connectivity index (χ4v) is 3.32. The van der Waals surface area contributed by atoms with Gasteiger partial charge in [-0.2, -0.15) is 0 Å². The van der Waals surface area contributed by atoms with Crippen LogP contribution in [0.15, 0.2) is 0 Å². The van der Waals surface area contributed by atoms with Gasteiger partial charge in [-0.25, -0.2) is 0 Å². The van der Waals surface area contributed by atoms with Crippen molar-refractivity contribution in [3.63, 3.8) is 0 Å². The van der Waals surface area contributed by atoms with Crippen molar-refractivity contribution >= 4 is 0 Å². The van der Waals surface area contributed by atoms with Crippen LogP contribution in [0.25, 0.3) is 0 Å². The maximum atomic E-state index is 2.46. The van der Waals surface area contributed by atoms with E-state index in [1.54, 1.807) is 0 Å². The molecular formula is C15H30. The van der Waals surface area contributed by atoms with Crippen LogP contribution in [0.4, 0.5) is 0 Å². The standard InChI is InChI=1S/C15H30/c1-10(2)14(11(3)4)9-13-8-12(5)15(13,6)7/h10-14H,8-9H2,1-7H3. The molecule has 1 saturated carbocycles. The molecule has 0 amide bonds.